The largest absolute Gasteiger partial charge is 0.506 e. The van der Waals surface area contributed by atoms with Crippen LogP contribution in [0.2, 0.25) is 5.02 Å². The van der Waals surface area contributed by atoms with Gasteiger partial charge >= 0.3 is 0 Å². The maximum absolute atomic E-state index is 11.8. The van der Waals surface area contributed by atoms with E-state index < -0.39 is 5.91 Å². The van der Waals surface area contributed by atoms with Crippen molar-refractivity contribution < 1.29 is 14.6 Å². The number of carbonyl (C=O) groups is 1. The highest BCUT2D eigenvalue weighted by molar-refractivity contribution is 14.1. The highest BCUT2D eigenvalue weighted by Crippen LogP contribution is 2.27. The summed E-state index contributed by atoms with van der Waals surface area (Å²) in [5, 5.41) is 14.5. The van der Waals surface area contributed by atoms with Crippen LogP contribution >= 0.6 is 50.1 Å². The van der Waals surface area contributed by atoms with E-state index in [0.717, 1.165) is 15.6 Å². The Labute approximate surface area is 172 Å². The quantitative estimate of drug-likeness (QED) is 0.334. The van der Waals surface area contributed by atoms with Gasteiger partial charge in [0.1, 0.15) is 11.5 Å². The zero-order valence-electron chi connectivity index (χ0n) is 13.4. The Hall–Kier alpha value is -1.32. The summed E-state index contributed by atoms with van der Waals surface area (Å²) in [6.45, 7) is 3.57. The number of amides is 1. The lowest BCUT2D eigenvalue weighted by Crippen LogP contribution is -2.24. The Morgan fingerprint density at radius 2 is 2.00 bits per heavy atom. The van der Waals surface area contributed by atoms with E-state index in [4.69, 9.17) is 16.3 Å². The highest BCUT2D eigenvalue weighted by atomic mass is 127. The van der Waals surface area contributed by atoms with Gasteiger partial charge in [-0.05, 0) is 71.8 Å². The summed E-state index contributed by atoms with van der Waals surface area (Å²) in [6.07, 6.45) is 1.37. The van der Waals surface area contributed by atoms with E-state index in [-0.39, 0.29) is 12.4 Å². The third-order valence-corrected chi connectivity index (χ3v) is 5.11. The van der Waals surface area contributed by atoms with Crippen LogP contribution in [0.5, 0.6) is 11.5 Å². The molecule has 0 aliphatic carbocycles. The van der Waals surface area contributed by atoms with E-state index in [1.54, 1.807) is 24.3 Å². The van der Waals surface area contributed by atoms with E-state index in [1.807, 2.05) is 36.4 Å². The van der Waals surface area contributed by atoms with Gasteiger partial charge < -0.3 is 9.84 Å². The molecule has 0 spiro atoms. The zero-order chi connectivity index (χ0) is 18.6. The van der Waals surface area contributed by atoms with Crippen molar-refractivity contribution in [3.05, 3.63) is 54.0 Å². The predicted molar refractivity (Wildman–Crippen MR) is 111 cm³/mol. The minimum absolute atomic E-state index is 0.102. The third kappa shape index (κ3) is 5.58. The van der Waals surface area contributed by atoms with E-state index in [0.29, 0.717) is 19.9 Å². The standard InChI is InChI=1S/C17H15BrClIN2O3/c1-9-3-13(4-10(2)16(9)19)25-8-15(23)22-21-7-11-5-12(18)6-14(20)17(11)24/h3-7,24H,8H2,1-2H3,(H,22,23). The molecule has 132 valence electrons. The maximum atomic E-state index is 11.8. The second-order valence-corrected chi connectivity index (χ2v) is 7.73. The van der Waals surface area contributed by atoms with Crippen molar-refractivity contribution in [2.24, 2.45) is 5.10 Å². The van der Waals surface area contributed by atoms with Crippen LogP contribution in [0.3, 0.4) is 0 Å². The van der Waals surface area contributed by atoms with Gasteiger partial charge in [-0.15, -0.1) is 0 Å². The number of ether oxygens (including phenoxy) is 1. The van der Waals surface area contributed by atoms with Crippen molar-refractivity contribution in [2.75, 3.05) is 6.61 Å². The Morgan fingerprint density at radius 3 is 2.64 bits per heavy atom. The number of hydrogen-bond acceptors (Lipinski definition) is 4. The van der Waals surface area contributed by atoms with Gasteiger partial charge in [-0.2, -0.15) is 5.10 Å². The fourth-order valence-electron chi connectivity index (χ4n) is 2.03. The zero-order valence-corrected chi connectivity index (χ0v) is 17.9. The van der Waals surface area contributed by atoms with Crippen LogP contribution in [0.4, 0.5) is 0 Å². The van der Waals surface area contributed by atoms with Crippen molar-refractivity contribution in [1.29, 1.82) is 0 Å². The molecule has 0 aliphatic heterocycles. The number of nitrogens with zero attached hydrogens (tertiary/aromatic N) is 1. The Balaban J connectivity index is 1.93. The average Bonchev–Trinajstić information content (AvgIpc) is 2.54. The molecule has 0 atom stereocenters. The summed E-state index contributed by atoms with van der Waals surface area (Å²) >= 11 is 11.4. The molecule has 0 heterocycles. The number of phenols is 1. The Bertz CT molecular complexity index is 820. The van der Waals surface area contributed by atoms with Crippen LogP contribution in [0.1, 0.15) is 16.7 Å². The van der Waals surface area contributed by atoms with Crippen molar-refractivity contribution in [3.8, 4) is 11.5 Å². The monoisotopic (exact) mass is 536 g/mol. The van der Waals surface area contributed by atoms with Gasteiger partial charge in [-0.3, -0.25) is 4.79 Å². The maximum Gasteiger partial charge on any atom is 0.277 e. The number of carbonyl (C=O) groups excluding carboxylic acids is 1. The van der Waals surface area contributed by atoms with Gasteiger partial charge in [0.25, 0.3) is 5.91 Å². The predicted octanol–water partition coefficient (Wildman–Crippen LogP) is 4.56. The smallest absolute Gasteiger partial charge is 0.277 e. The van der Waals surface area contributed by atoms with E-state index in [9.17, 15) is 9.90 Å². The van der Waals surface area contributed by atoms with E-state index >= 15 is 0 Å². The van der Waals surface area contributed by atoms with Gasteiger partial charge in [0, 0.05) is 15.1 Å². The second kappa shape index (κ2) is 8.86. The first kappa shape index (κ1) is 20.0. The van der Waals surface area contributed by atoms with Gasteiger partial charge in [0.05, 0.1) is 9.78 Å². The normalized spacial score (nSPS) is 10.9. The first-order valence-corrected chi connectivity index (χ1v) is 9.42. The molecule has 1 amide bonds. The molecule has 0 saturated carbocycles. The second-order valence-electron chi connectivity index (χ2n) is 5.28. The van der Waals surface area contributed by atoms with Crippen molar-refractivity contribution in [3.63, 3.8) is 0 Å². The lowest BCUT2D eigenvalue weighted by atomic mass is 10.1. The molecule has 8 heteroatoms. The van der Waals surface area contributed by atoms with Crippen molar-refractivity contribution >= 4 is 62.2 Å². The molecule has 5 nitrogen and oxygen atoms in total. The summed E-state index contributed by atoms with van der Waals surface area (Å²) in [5.41, 5.74) is 4.62. The van der Waals surface area contributed by atoms with Gasteiger partial charge in [-0.25, -0.2) is 5.43 Å². The molecule has 2 aromatic rings. The number of aryl methyl sites for hydroxylation is 2. The summed E-state index contributed by atoms with van der Waals surface area (Å²) < 4.78 is 6.93. The molecule has 0 radical (unpaired) electrons. The molecule has 0 bridgehead atoms. The number of aromatic hydroxyl groups is 1. The van der Waals surface area contributed by atoms with Gasteiger partial charge in [0.15, 0.2) is 6.61 Å². The van der Waals surface area contributed by atoms with Gasteiger partial charge in [0.2, 0.25) is 0 Å². The lowest BCUT2D eigenvalue weighted by Gasteiger charge is -2.09. The number of hydrogen-bond donors (Lipinski definition) is 2. The third-order valence-electron chi connectivity index (χ3n) is 3.23. The van der Waals surface area contributed by atoms with Crippen LogP contribution in [0, 0.1) is 17.4 Å². The Morgan fingerprint density at radius 1 is 1.36 bits per heavy atom. The van der Waals surface area contributed by atoms with Crippen molar-refractivity contribution in [1.82, 2.24) is 5.43 Å². The van der Waals surface area contributed by atoms with Crippen LogP contribution in [0.25, 0.3) is 0 Å². The summed E-state index contributed by atoms with van der Waals surface area (Å²) in [6, 6.07) is 7.01. The first-order valence-electron chi connectivity index (χ1n) is 7.17. The number of hydrazone groups is 1. The molecule has 0 aliphatic rings. The number of phenolic OH excluding ortho intramolecular Hbond substituents is 1. The van der Waals surface area contributed by atoms with E-state index in [1.165, 1.54) is 6.21 Å². The number of rotatable bonds is 5. The molecule has 0 aromatic heterocycles. The highest BCUT2D eigenvalue weighted by Gasteiger charge is 2.07. The van der Waals surface area contributed by atoms with Crippen LogP contribution in [-0.4, -0.2) is 23.8 Å². The van der Waals surface area contributed by atoms with Crippen LogP contribution < -0.4 is 10.2 Å². The SMILES string of the molecule is Cc1cc(OCC(=O)NN=Cc2cc(Br)cc(I)c2O)cc(C)c1Cl. The molecule has 2 N–H and O–H groups in total. The molecule has 25 heavy (non-hydrogen) atoms. The molecule has 2 rings (SSSR count). The fourth-order valence-corrected chi connectivity index (χ4v) is 3.69. The van der Waals surface area contributed by atoms with Crippen molar-refractivity contribution in [2.45, 2.75) is 13.8 Å². The summed E-state index contributed by atoms with van der Waals surface area (Å²) in [4.78, 5) is 11.8. The minimum Gasteiger partial charge on any atom is -0.506 e. The lowest BCUT2D eigenvalue weighted by molar-refractivity contribution is -0.123. The number of nitrogens with one attached hydrogen (secondary N) is 1. The molecule has 0 unspecified atom stereocenters. The fraction of sp³-hybridized carbons (Fsp3) is 0.176. The molecular weight excluding hydrogens is 522 g/mol. The molecule has 0 saturated heterocycles. The van der Waals surface area contributed by atoms with Crippen LogP contribution in [-0.2, 0) is 4.79 Å². The number of benzene rings is 2. The molecule has 0 fully saturated rings. The molecular formula is C17H15BrClIN2O3. The summed E-state index contributed by atoms with van der Waals surface area (Å²) in [7, 11) is 0. The molecule has 2 aromatic carbocycles. The summed E-state index contributed by atoms with van der Waals surface area (Å²) in [5.74, 6) is 0.258. The Kier molecular flexibility index (Phi) is 7.09. The first-order chi connectivity index (χ1) is 11.8. The van der Waals surface area contributed by atoms with E-state index in [2.05, 4.69) is 26.5 Å². The number of halogens is 3. The average molecular weight is 538 g/mol. The topological polar surface area (TPSA) is 70.9 Å². The van der Waals surface area contributed by atoms with Crippen LogP contribution in [0.15, 0.2) is 33.8 Å². The minimum atomic E-state index is -0.411. The van der Waals surface area contributed by atoms with Gasteiger partial charge in [-0.1, -0.05) is 27.5 Å².